The molecular formula is C15H15NO2S. The molecule has 2 aromatic rings. The van der Waals surface area contributed by atoms with Crippen molar-refractivity contribution in [1.29, 1.82) is 0 Å². The number of benzene rings is 1. The number of carboxylic acids is 1. The maximum Gasteiger partial charge on any atom is 0.338 e. The summed E-state index contributed by atoms with van der Waals surface area (Å²) in [6.45, 7) is 3.92. The molecule has 0 radical (unpaired) electrons. The monoisotopic (exact) mass is 273 g/mol. The molecule has 0 aliphatic heterocycles. The third-order valence-corrected chi connectivity index (χ3v) is 3.62. The van der Waals surface area contributed by atoms with Crippen LogP contribution in [0.25, 0.3) is 11.3 Å². The highest BCUT2D eigenvalue weighted by molar-refractivity contribution is 7.98. The Hall–Kier alpha value is -1.81. The third-order valence-electron chi connectivity index (χ3n) is 2.93. The zero-order chi connectivity index (χ0) is 14.0. The summed E-state index contributed by atoms with van der Waals surface area (Å²) in [5.41, 5.74) is 4.18. The Morgan fingerprint density at radius 2 is 1.84 bits per heavy atom. The maximum absolute atomic E-state index is 11.2. The molecule has 0 unspecified atom stereocenters. The number of aromatic carboxylic acids is 1. The summed E-state index contributed by atoms with van der Waals surface area (Å²) in [6.07, 6.45) is 1.84. The average molecular weight is 273 g/mol. The number of aryl methyl sites for hydroxylation is 2. The van der Waals surface area contributed by atoms with Gasteiger partial charge in [-0.05, 0) is 31.7 Å². The van der Waals surface area contributed by atoms with Crippen LogP contribution in [0.3, 0.4) is 0 Å². The molecule has 0 bridgehead atoms. The minimum atomic E-state index is -0.935. The van der Waals surface area contributed by atoms with Gasteiger partial charge in [-0.2, -0.15) is 0 Å². The molecule has 1 heterocycles. The van der Waals surface area contributed by atoms with Crippen molar-refractivity contribution in [2.45, 2.75) is 18.9 Å². The summed E-state index contributed by atoms with van der Waals surface area (Å²) in [4.78, 5) is 15.7. The molecule has 1 aromatic carbocycles. The first kappa shape index (κ1) is 13.6. The van der Waals surface area contributed by atoms with Crippen LogP contribution in [-0.4, -0.2) is 22.3 Å². The maximum atomic E-state index is 11.2. The molecule has 0 amide bonds. The van der Waals surface area contributed by atoms with E-state index in [4.69, 9.17) is 5.11 Å². The highest BCUT2D eigenvalue weighted by Gasteiger charge is 2.15. The summed E-state index contributed by atoms with van der Waals surface area (Å²) in [5.74, 6) is -0.935. The van der Waals surface area contributed by atoms with Crippen molar-refractivity contribution in [3.8, 4) is 11.3 Å². The van der Waals surface area contributed by atoms with Crippen LogP contribution in [0.5, 0.6) is 0 Å². The molecule has 19 heavy (non-hydrogen) atoms. The molecule has 0 saturated carbocycles. The molecule has 0 saturated heterocycles. The Morgan fingerprint density at radius 3 is 2.37 bits per heavy atom. The van der Waals surface area contributed by atoms with Crippen LogP contribution < -0.4 is 0 Å². The zero-order valence-electron chi connectivity index (χ0n) is 11.1. The zero-order valence-corrected chi connectivity index (χ0v) is 11.9. The van der Waals surface area contributed by atoms with Gasteiger partial charge < -0.3 is 5.11 Å². The minimum absolute atomic E-state index is 0.265. The van der Waals surface area contributed by atoms with E-state index in [2.05, 4.69) is 4.98 Å². The van der Waals surface area contributed by atoms with Crippen molar-refractivity contribution >= 4 is 17.7 Å². The number of pyridine rings is 1. The molecule has 3 nitrogen and oxygen atoms in total. The van der Waals surface area contributed by atoms with Crippen LogP contribution in [0.15, 0.2) is 35.4 Å². The number of thioether (sulfide) groups is 1. The molecule has 0 aliphatic rings. The largest absolute Gasteiger partial charge is 0.478 e. The van der Waals surface area contributed by atoms with E-state index in [0.717, 1.165) is 16.8 Å². The van der Waals surface area contributed by atoms with E-state index in [1.807, 2.05) is 44.4 Å². The van der Waals surface area contributed by atoms with Crippen LogP contribution in [0, 0.1) is 13.8 Å². The van der Waals surface area contributed by atoms with E-state index in [-0.39, 0.29) is 5.56 Å². The van der Waals surface area contributed by atoms with Crippen LogP contribution in [0.1, 0.15) is 21.5 Å². The van der Waals surface area contributed by atoms with Gasteiger partial charge >= 0.3 is 5.97 Å². The second kappa shape index (κ2) is 5.45. The Morgan fingerprint density at radius 1 is 1.21 bits per heavy atom. The highest BCUT2D eigenvalue weighted by Crippen LogP contribution is 2.27. The van der Waals surface area contributed by atoms with Crippen molar-refractivity contribution in [1.82, 2.24) is 4.98 Å². The SMILES string of the molecule is CSc1nc(-c2ccc(C)cc2)c(C)cc1C(=O)O. The second-order valence-electron chi connectivity index (χ2n) is 4.38. The summed E-state index contributed by atoms with van der Waals surface area (Å²) in [5, 5.41) is 9.72. The van der Waals surface area contributed by atoms with Crippen LogP contribution in [0.2, 0.25) is 0 Å². The molecule has 0 aliphatic carbocycles. The summed E-state index contributed by atoms with van der Waals surface area (Å²) >= 11 is 1.35. The van der Waals surface area contributed by atoms with E-state index < -0.39 is 5.97 Å². The fraction of sp³-hybridized carbons (Fsp3) is 0.200. The number of hydrogen-bond donors (Lipinski definition) is 1. The fourth-order valence-electron chi connectivity index (χ4n) is 1.91. The predicted octanol–water partition coefficient (Wildman–Crippen LogP) is 3.79. The number of rotatable bonds is 3. The Bertz CT molecular complexity index is 621. The molecule has 2 rings (SSSR count). The van der Waals surface area contributed by atoms with E-state index in [9.17, 15) is 4.79 Å². The van der Waals surface area contributed by atoms with E-state index in [1.54, 1.807) is 6.07 Å². The van der Waals surface area contributed by atoms with Crippen molar-refractivity contribution < 1.29 is 9.90 Å². The lowest BCUT2D eigenvalue weighted by Crippen LogP contribution is -2.03. The number of carboxylic acid groups (broad SMARTS) is 1. The molecular weight excluding hydrogens is 258 g/mol. The van der Waals surface area contributed by atoms with Crippen molar-refractivity contribution in [3.05, 3.63) is 47.0 Å². The lowest BCUT2D eigenvalue weighted by Gasteiger charge is -2.10. The van der Waals surface area contributed by atoms with Crippen molar-refractivity contribution in [3.63, 3.8) is 0 Å². The first-order valence-corrected chi connectivity index (χ1v) is 7.11. The normalized spacial score (nSPS) is 10.5. The number of carbonyl (C=O) groups is 1. The summed E-state index contributed by atoms with van der Waals surface area (Å²) < 4.78 is 0. The standard InChI is InChI=1S/C15H15NO2S/c1-9-4-6-11(7-5-9)13-10(2)8-12(15(17)18)14(16-13)19-3/h4-8H,1-3H3,(H,17,18). The molecule has 98 valence electrons. The Kier molecular flexibility index (Phi) is 3.90. The summed E-state index contributed by atoms with van der Waals surface area (Å²) in [6, 6.07) is 9.77. The molecule has 0 spiro atoms. The van der Waals surface area contributed by atoms with Gasteiger partial charge in [0.15, 0.2) is 0 Å². The number of hydrogen-bond acceptors (Lipinski definition) is 3. The Labute approximate surface area is 116 Å². The fourth-order valence-corrected chi connectivity index (χ4v) is 2.46. The first-order valence-electron chi connectivity index (χ1n) is 5.89. The van der Waals surface area contributed by atoms with E-state index in [1.165, 1.54) is 17.3 Å². The van der Waals surface area contributed by atoms with Crippen molar-refractivity contribution in [2.75, 3.05) is 6.26 Å². The number of nitrogens with zero attached hydrogens (tertiary/aromatic N) is 1. The first-order chi connectivity index (χ1) is 9.02. The van der Waals surface area contributed by atoms with Crippen LogP contribution in [0.4, 0.5) is 0 Å². The van der Waals surface area contributed by atoms with Crippen molar-refractivity contribution in [2.24, 2.45) is 0 Å². The molecule has 0 fully saturated rings. The van der Waals surface area contributed by atoms with Gasteiger partial charge in [0.1, 0.15) is 5.03 Å². The minimum Gasteiger partial charge on any atom is -0.478 e. The molecule has 0 atom stereocenters. The number of aromatic nitrogens is 1. The predicted molar refractivity (Wildman–Crippen MR) is 77.9 cm³/mol. The van der Waals surface area contributed by atoms with Gasteiger partial charge in [0.2, 0.25) is 0 Å². The van der Waals surface area contributed by atoms with Crippen LogP contribution in [-0.2, 0) is 0 Å². The van der Waals surface area contributed by atoms with Gasteiger partial charge in [0.05, 0.1) is 11.3 Å². The topological polar surface area (TPSA) is 50.2 Å². The lowest BCUT2D eigenvalue weighted by molar-refractivity contribution is 0.0692. The second-order valence-corrected chi connectivity index (χ2v) is 5.18. The van der Waals surface area contributed by atoms with E-state index in [0.29, 0.717) is 5.03 Å². The van der Waals surface area contributed by atoms with Gasteiger partial charge in [-0.3, -0.25) is 0 Å². The lowest BCUT2D eigenvalue weighted by atomic mass is 10.0. The quantitative estimate of drug-likeness (QED) is 0.864. The average Bonchev–Trinajstić information content (AvgIpc) is 2.39. The van der Waals surface area contributed by atoms with Crippen LogP contribution >= 0.6 is 11.8 Å². The third kappa shape index (κ3) is 2.79. The molecule has 1 aromatic heterocycles. The smallest absolute Gasteiger partial charge is 0.338 e. The van der Waals surface area contributed by atoms with Gasteiger partial charge in [-0.15, -0.1) is 11.8 Å². The van der Waals surface area contributed by atoms with Gasteiger partial charge in [0.25, 0.3) is 0 Å². The van der Waals surface area contributed by atoms with Gasteiger partial charge in [-0.25, -0.2) is 9.78 Å². The van der Waals surface area contributed by atoms with Gasteiger partial charge in [0, 0.05) is 5.56 Å². The summed E-state index contributed by atoms with van der Waals surface area (Å²) in [7, 11) is 0. The van der Waals surface area contributed by atoms with E-state index >= 15 is 0 Å². The molecule has 4 heteroatoms. The highest BCUT2D eigenvalue weighted by atomic mass is 32.2. The van der Waals surface area contributed by atoms with Gasteiger partial charge in [-0.1, -0.05) is 29.8 Å². The Balaban J connectivity index is 2.58. The molecule has 1 N–H and O–H groups in total.